The van der Waals surface area contributed by atoms with Crippen LogP contribution in [0.25, 0.3) is 0 Å². The molecule has 1 aliphatic rings. The van der Waals surface area contributed by atoms with Crippen molar-refractivity contribution >= 4 is 15.8 Å². The molecule has 0 spiro atoms. The lowest BCUT2D eigenvalue weighted by atomic mass is 10.3. The van der Waals surface area contributed by atoms with Gasteiger partial charge < -0.3 is 0 Å². The molecule has 7 heteroatoms. The summed E-state index contributed by atoms with van der Waals surface area (Å²) in [6, 6.07) is 5.50. The SMILES string of the molecule is CC1CCN(c2ccc(S(=O)(=O)O)cc2)[N+]1=O. The Morgan fingerprint density at radius 3 is 2.35 bits per heavy atom. The average molecular weight is 257 g/mol. The fourth-order valence-electron chi connectivity index (χ4n) is 1.79. The number of nitroso groups, excluding NO2 is 1. The lowest BCUT2D eigenvalue weighted by Gasteiger charge is -2.08. The summed E-state index contributed by atoms with van der Waals surface area (Å²) in [6.45, 7) is 2.44. The summed E-state index contributed by atoms with van der Waals surface area (Å²) in [6.07, 6.45) is 0.767. The van der Waals surface area contributed by atoms with E-state index in [4.69, 9.17) is 4.55 Å². The van der Waals surface area contributed by atoms with Gasteiger partial charge in [0.2, 0.25) is 6.04 Å². The Bertz CT molecular complexity index is 538. The van der Waals surface area contributed by atoms with E-state index in [1.54, 1.807) is 5.01 Å². The van der Waals surface area contributed by atoms with Crippen LogP contribution in [-0.2, 0) is 10.1 Å². The zero-order chi connectivity index (χ0) is 12.6. The molecule has 1 aliphatic heterocycles. The van der Waals surface area contributed by atoms with Crippen LogP contribution >= 0.6 is 0 Å². The lowest BCUT2D eigenvalue weighted by Crippen LogP contribution is -2.29. The van der Waals surface area contributed by atoms with Crippen molar-refractivity contribution in [2.75, 3.05) is 11.6 Å². The molecule has 0 aliphatic carbocycles. The maximum absolute atomic E-state index is 11.7. The highest BCUT2D eigenvalue weighted by Crippen LogP contribution is 2.23. The quantitative estimate of drug-likeness (QED) is 0.636. The molecule has 1 unspecified atom stereocenters. The predicted molar refractivity (Wildman–Crippen MR) is 61.3 cm³/mol. The Balaban J connectivity index is 2.28. The second-order valence-corrected chi connectivity index (χ2v) is 5.45. The number of nitrogens with zero attached hydrogens (tertiary/aromatic N) is 2. The van der Waals surface area contributed by atoms with Gasteiger partial charge >= 0.3 is 0 Å². The third kappa shape index (κ3) is 2.29. The zero-order valence-electron chi connectivity index (χ0n) is 9.28. The monoisotopic (exact) mass is 257 g/mol. The first kappa shape index (κ1) is 12.0. The van der Waals surface area contributed by atoms with Crippen LogP contribution in [0.15, 0.2) is 29.2 Å². The first-order valence-corrected chi connectivity index (χ1v) is 6.65. The maximum Gasteiger partial charge on any atom is 0.294 e. The van der Waals surface area contributed by atoms with E-state index < -0.39 is 10.1 Å². The van der Waals surface area contributed by atoms with E-state index in [2.05, 4.69) is 0 Å². The van der Waals surface area contributed by atoms with Gasteiger partial charge in [0, 0.05) is 13.3 Å². The van der Waals surface area contributed by atoms with Gasteiger partial charge in [0.15, 0.2) is 0 Å². The summed E-state index contributed by atoms with van der Waals surface area (Å²) in [5.41, 5.74) is 0.622. The molecule has 1 atom stereocenters. The molecule has 6 nitrogen and oxygen atoms in total. The molecular weight excluding hydrogens is 244 g/mol. The van der Waals surface area contributed by atoms with E-state index in [-0.39, 0.29) is 10.9 Å². The van der Waals surface area contributed by atoms with Crippen LogP contribution in [0, 0.1) is 4.91 Å². The van der Waals surface area contributed by atoms with E-state index in [9.17, 15) is 13.3 Å². The molecule has 0 amide bonds. The van der Waals surface area contributed by atoms with Gasteiger partial charge in [0.05, 0.1) is 16.3 Å². The van der Waals surface area contributed by atoms with E-state index in [0.717, 1.165) is 11.3 Å². The number of benzene rings is 1. The average Bonchev–Trinajstić information content (AvgIpc) is 2.59. The Kier molecular flexibility index (Phi) is 2.88. The summed E-state index contributed by atoms with van der Waals surface area (Å²) in [4.78, 5) is 12.4. The van der Waals surface area contributed by atoms with Gasteiger partial charge in [-0.15, -0.1) is 5.01 Å². The minimum atomic E-state index is -4.18. The Morgan fingerprint density at radius 1 is 1.35 bits per heavy atom. The molecule has 17 heavy (non-hydrogen) atoms. The smallest absolute Gasteiger partial charge is 0.282 e. The Morgan fingerprint density at radius 2 is 1.94 bits per heavy atom. The van der Waals surface area contributed by atoms with Crippen LogP contribution in [-0.4, -0.2) is 30.4 Å². The van der Waals surface area contributed by atoms with E-state index in [1.165, 1.54) is 24.3 Å². The highest BCUT2D eigenvalue weighted by Gasteiger charge is 2.37. The standard InChI is InChI=1S/C10H12N2O4S/c1-8-6-7-11(12(8)13)9-2-4-10(5-3-9)17(14,15)16/h2-5,8H,6-7H2,1H3/p+1. The van der Waals surface area contributed by atoms with Gasteiger partial charge in [0.25, 0.3) is 10.1 Å². The Labute approximate surface area is 99.1 Å². The van der Waals surface area contributed by atoms with Crippen LogP contribution in [0.5, 0.6) is 0 Å². The predicted octanol–water partition coefficient (Wildman–Crippen LogP) is 1.23. The third-order valence-corrected chi connectivity index (χ3v) is 3.67. The van der Waals surface area contributed by atoms with Crippen LogP contribution in [0.1, 0.15) is 13.3 Å². The van der Waals surface area contributed by atoms with Crippen molar-refractivity contribution in [3.8, 4) is 0 Å². The van der Waals surface area contributed by atoms with E-state index in [0.29, 0.717) is 12.2 Å². The third-order valence-electron chi connectivity index (χ3n) is 2.81. The summed E-state index contributed by atoms with van der Waals surface area (Å²) in [7, 11) is -4.18. The zero-order valence-corrected chi connectivity index (χ0v) is 10.1. The first-order chi connectivity index (χ1) is 7.89. The second kappa shape index (κ2) is 4.08. The fourth-order valence-corrected chi connectivity index (χ4v) is 2.27. The molecule has 0 bridgehead atoms. The summed E-state index contributed by atoms with van der Waals surface area (Å²) in [5.74, 6) is 0. The molecule has 1 N–H and O–H groups in total. The molecule has 0 radical (unpaired) electrons. The summed E-state index contributed by atoms with van der Waals surface area (Å²) in [5, 5.41) is 1.54. The van der Waals surface area contributed by atoms with Crippen LogP contribution in [0.3, 0.4) is 0 Å². The molecule has 1 fully saturated rings. The number of hydrazine groups is 1. The second-order valence-electron chi connectivity index (χ2n) is 4.03. The summed E-state index contributed by atoms with van der Waals surface area (Å²) < 4.78 is 30.5. The molecule has 92 valence electrons. The fraction of sp³-hybridized carbons (Fsp3) is 0.400. The van der Waals surface area contributed by atoms with Crippen molar-refractivity contribution in [3.63, 3.8) is 0 Å². The van der Waals surface area contributed by atoms with Gasteiger partial charge in [-0.1, -0.05) is 0 Å². The molecule has 0 saturated carbocycles. The van der Waals surface area contributed by atoms with Gasteiger partial charge in [-0.3, -0.25) is 4.55 Å². The maximum atomic E-state index is 11.7. The highest BCUT2D eigenvalue weighted by molar-refractivity contribution is 7.85. The molecule has 1 heterocycles. The van der Waals surface area contributed by atoms with Gasteiger partial charge in [0.1, 0.15) is 10.6 Å². The molecule has 2 rings (SSSR count). The van der Waals surface area contributed by atoms with Crippen molar-refractivity contribution in [2.45, 2.75) is 24.3 Å². The molecule has 0 aromatic heterocycles. The van der Waals surface area contributed by atoms with Crippen molar-refractivity contribution in [3.05, 3.63) is 29.2 Å². The van der Waals surface area contributed by atoms with Crippen molar-refractivity contribution in [1.29, 1.82) is 0 Å². The highest BCUT2D eigenvalue weighted by atomic mass is 32.2. The van der Waals surface area contributed by atoms with Crippen molar-refractivity contribution < 1.29 is 17.8 Å². The van der Waals surface area contributed by atoms with E-state index >= 15 is 0 Å². The minimum Gasteiger partial charge on any atom is -0.282 e. The number of rotatable bonds is 2. The number of hydrogen-bond acceptors (Lipinski definition) is 3. The molecular formula is C10H13N2O4S+. The Hall–Kier alpha value is -1.47. The van der Waals surface area contributed by atoms with Crippen molar-refractivity contribution in [1.82, 2.24) is 0 Å². The van der Waals surface area contributed by atoms with Crippen LogP contribution in [0.2, 0.25) is 0 Å². The minimum absolute atomic E-state index is 0.0729. The largest absolute Gasteiger partial charge is 0.294 e. The van der Waals surface area contributed by atoms with Crippen LogP contribution < -0.4 is 5.01 Å². The number of hydrogen-bond donors (Lipinski definition) is 1. The van der Waals surface area contributed by atoms with Crippen LogP contribution in [0.4, 0.5) is 5.69 Å². The topological polar surface area (TPSA) is 77.7 Å². The van der Waals surface area contributed by atoms with Gasteiger partial charge in [-0.2, -0.15) is 8.42 Å². The van der Waals surface area contributed by atoms with Crippen molar-refractivity contribution in [2.24, 2.45) is 0 Å². The van der Waals surface area contributed by atoms with E-state index in [1.807, 2.05) is 6.92 Å². The first-order valence-electron chi connectivity index (χ1n) is 5.21. The normalized spacial score (nSPS) is 20.9. The lowest BCUT2D eigenvalue weighted by molar-refractivity contribution is -0.573. The number of anilines is 1. The summed E-state index contributed by atoms with van der Waals surface area (Å²) >= 11 is 0. The van der Waals surface area contributed by atoms with Gasteiger partial charge in [-0.25, -0.2) is 0 Å². The molecule has 1 saturated heterocycles. The van der Waals surface area contributed by atoms with Gasteiger partial charge in [-0.05, 0) is 24.3 Å². The molecule has 1 aromatic carbocycles. The molecule has 1 aromatic rings.